The van der Waals surface area contributed by atoms with E-state index in [1.807, 2.05) is 36.4 Å². The molecule has 0 aliphatic carbocycles. The zero-order valence-corrected chi connectivity index (χ0v) is 16.9. The Balaban J connectivity index is 1.77. The normalized spacial score (nSPS) is 12.9. The summed E-state index contributed by atoms with van der Waals surface area (Å²) in [6.07, 6.45) is 4.54. The van der Waals surface area contributed by atoms with Crippen LogP contribution in [-0.4, -0.2) is 39.7 Å². The van der Waals surface area contributed by atoms with Crippen molar-refractivity contribution in [1.82, 2.24) is 14.6 Å². The van der Waals surface area contributed by atoms with E-state index in [0.29, 0.717) is 5.65 Å². The van der Waals surface area contributed by atoms with Gasteiger partial charge in [-0.15, -0.1) is 0 Å². The van der Waals surface area contributed by atoms with Gasteiger partial charge in [0.1, 0.15) is 0 Å². The van der Waals surface area contributed by atoms with Crippen molar-refractivity contribution < 1.29 is 12.6 Å². The van der Waals surface area contributed by atoms with Crippen LogP contribution in [0.1, 0.15) is 0 Å². The predicted molar refractivity (Wildman–Crippen MR) is 109 cm³/mol. The average Bonchev–Trinajstić information content (AvgIpc) is 3.10. The third kappa shape index (κ3) is 3.48. The first-order chi connectivity index (χ1) is 13.3. The number of hydrogen-bond donors (Lipinski definition) is 0. The summed E-state index contributed by atoms with van der Waals surface area (Å²) in [5.74, 6) is 0. The summed E-state index contributed by atoms with van der Waals surface area (Å²) in [5.41, 5.74) is 3.94. The second-order valence-electron chi connectivity index (χ2n) is 6.41. The molecule has 2 aromatic heterocycles. The topological polar surface area (TPSA) is 81.4 Å². The Morgan fingerprint density at radius 1 is 0.893 bits per heavy atom. The molecule has 1 atom stereocenters. The molecule has 1 unspecified atom stereocenters. The predicted octanol–water partition coefficient (Wildman–Crippen LogP) is 3.20. The van der Waals surface area contributed by atoms with Crippen LogP contribution in [0.25, 0.3) is 28.2 Å². The number of sulfone groups is 1. The Morgan fingerprint density at radius 3 is 2.14 bits per heavy atom. The summed E-state index contributed by atoms with van der Waals surface area (Å²) in [5, 5.41) is 4.69. The Labute approximate surface area is 165 Å². The van der Waals surface area contributed by atoms with Gasteiger partial charge in [-0.2, -0.15) is 5.10 Å². The summed E-state index contributed by atoms with van der Waals surface area (Å²) in [6, 6.07) is 17.9. The van der Waals surface area contributed by atoms with Gasteiger partial charge in [-0.1, -0.05) is 24.3 Å². The van der Waals surface area contributed by atoms with Gasteiger partial charge in [0.2, 0.25) is 0 Å². The van der Waals surface area contributed by atoms with E-state index < -0.39 is 20.6 Å². The first-order valence-electron chi connectivity index (χ1n) is 8.42. The maximum atomic E-state index is 11.7. The van der Waals surface area contributed by atoms with Crippen LogP contribution >= 0.6 is 0 Å². The molecule has 0 aliphatic heterocycles. The molecule has 2 heterocycles. The number of hydrogen-bond acceptors (Lipinski definition) is 5. The monoisotopic (exact) mass is 411 g/mol. The summed E-state index contributed by atoms with van der Waals surface area (Å²) in [4.78, 5) is 5.41. The molecule has 28 heavy (non-hydrogen) atoms. The standard InChI is InChI=1S/C20H17N3O3S2/c1-27(24)16-7-3-14(4-8-16)18-11-12-20-21-13-19(23(20)22-18)15-5-9-17(10-6-15)28(2,25)26/h3-13H,1-2H3. The van der Waals surface area contributed by atoms with Crippen LogP contribution in [0.15, 0.2) is 76.7 Å². The second kappa shape index (κ2) is 6.96. The lowest BCUT2D eigenvalue weighted by Crippen LogP contribution is -1.98. The number of rotatable bonds is 4. The molecule has 8 heteroatoms. The van der Waals surface area contributed by atoms with Crippen molar-refractivity contribution >= 4 is 26.3 Å². The fourth-order valence-electron chi connectivity index (χ4n) is 2.91. The van der Waals surface area contributed by atoms with Gasteiger partial charge in [0.25, 0.3) is 0 Å². The van der Waals surface area contributed by atoms with Crippen molar-refractivity contribution in [2.24, 2.45) is 0 Å². The van der Waals surface area contributed by atoms with Crippen LogP contribution in [0, 0.1) is 0 Å². The molecule has 4 aromatic rings. The largest absolute Gasteiger partial charge is 0.255 e. The number of fused-ring (bicyclic) bond motifs is 1. The molecule has 142 valence electrons. The van der Waals surface area contributed by atoms with Crippen LogP contribution in [0.2, 0.25) is 0 Å². The summed E-state index contributed by atoms with van der Waals surface area (Å²) in [6.45, 7) is 0. The van der Waals surface area contributed by atoms with E-state index in [1.165, 1.54) is 6.26 Å². The zero-order chi connectivity index (χ0) is 19.9. The lowest BCUT2D eigenvalue weighted by Gasteiger charge is -2.06. The fourth-order valence-corrected chi connectivity index (χ4v) is 4.06. The minimum atomic E-state index is -3.24. The van der Waals surface area contributed by atoms with Gasteiger partial charge in [-0.25, -0.2) is 17.9 Å². The van der Waals surface area contributed by atoms with Gasteiger partial charge in [0, 0.05) is 39.3 Å². The SMILES string of the molecule is CS(=O)c1ccc(-c2ccc3ncc(-c4ccc(S(C)(=O)=O)cc4)n3n2)cc1. The highest BCUT2D eigenvalue weighted by Crippen LogP contribution is 2.24. The highest BCUT2D eigenvalue weighted by atomic mass is 32.2. The minimum Gasteiger partial charge on any atom is -0.255 e. The van der Waals surface area contributed by atoms with Crippen molar-refractivity contribution in [2.75, 3.05) is 12.5 Å². The Bertz CT molecular complexity index is 1290. The molecule has 2 aromatic carbocycles. The first-order valence-corrected chi connectivity index (χ1v) is 11.9. The molecule has 0 amide bonds. The van der Waals surface area contributed by atoms with Crippen molar-refractivity contribution in [3.05, 3.63) is 66.9 Å². The lowest BCUT2D eigenvalue weighted by molar-refractivity contribution is 0.602. The van der Waals surface area contributed by atoms with E-state index in [0.717, 1.165) is 27.4 Å². The van der Waals surface area contributed by atoms with Crippen molar-refractivity contribution in [3.63, 3.8) is 0 Å². The third-order valence-electron chi connectivity index (χ3n) is 4.42. The zero-order valence-electron chi connectivity index (χ0n) is 15.2. The maximum Gasteiger partial charge on any atom is 0.175 e. The molecular formula is C20H17N3O3S2. The van der Waals surface area contributed by atoms with E-state index in [-0.39, 0.29) is 4.90 Å². The summed E-state index contributed by atoms with van der Waals surface area (Å²) < 4.78 is 36.6. The Morgan fingerprint density at radius 2 is 1.54 bits per heavy atom. The van der Waals surface area contributed by atoms with E-state index in [2.05, 4.69) is 10.1 Å². The molecule has 0 aliphatic rings. The first kappa shape index (κ1) is 18.5. The van der Waals surface area contributed by atoms with Crippen molar-refractivity contribution in [1.29, 1.82) is 0 Å². The van der Waals surface area contributed by atoms with Gasteiger partial charge >= 0.3 is 0 Å². The molecule has 0 radical (unpaired) electrons. The van der Waals surface area contributed by atoms with Crippen LogP contribution in [0.4, 0.5) is 0 Å². The minimum absolute atomic E-state index is 0.270. The van der Waals surface area contributed by atoms with Gasteiger partial charge < -0.3 is 0 Å². The van der Waals surface area contributed by atoms with Gasteiger partial charge in [-0.05, 0) is 36.4 Å². The number of aromatic nitrogens is 3. The molecule has 0 spiro atoms. The van der Waals surface area contributed by atoms with Gasteiger partial charge in [0.15, 0.2) is 15.5 Å². The molecule has 4 rings (SSSR count). The van der Waals surface area contributed by atoms with Gasteiger partial charge in [-0.3, -0.25) is 4.21 Å². The molecular weight excluding hydrogens is 394 g/mol. The van der Waals surface area contributed by atoms with E-state index >= 15 is 0 Å². The van der Waals surface area contributed by atoms with Crippen molar-refractivity contribution in [3.8, 4) is 22.5 Å². The quantitative estimate of drug-likeness (QED) is 0.515. The molecule has 6 nitrogen and oxygen atoms in total. The summed E-state index contributed by atoms with van der Waals surface area (Å²) in [7, 11) is -4.27. The average molecular weight is 412 g/mol. The van der Waals surface area contributed by atoms with Crippen LogP contribution in [0.5, 0.6) is 0 Å². The highest BCUT2D eigenvalue weighted by Gasteiger charge is 2.11. The smallest absolute Gasteiger partial charge is 0.175 e. The van der Waals surface area contributed by atoms with Gasteiger partial charge in [0.05, 0.1) is 22.5 Å². The lowest BCUT2D eigenvalue weighted by atomic mass is 10.1. The Hall–Kier alpha value is -2.84. The fraction of sp³-hybridized carbons (Fsp3) is 0.100. The molecule has 0 saturated carbocycles. The number of benzene rings is 2. The molecule has 0 saturated heterocycles. The molecule has 0 bridgehead atoms. The maximum absolute atomic E-state index is 11.7. The molecule has 0 fully saturated rings. The summed E-state index contributed by atoms with van der Waals surface area (Å²) >= 11 is 0. The van der Waals surface area contributed by atoms with E-state index in [4.69, 9.17) is 0 Å². The third-order valence-corrected chi connectivity index (χ3v) is 6.49. The number of imidazole rings is 1. The molecule has 0 N–H and O–H groups in total. The second-order valence-corrected chi connectivity index (χ2v) is 9.80. The van der Waals surface area contributed by atoms with Crippen molar-refractivity contribution in [2.45, 2.75) is 9.79 Å². The van der Waals surface area contributed by atoms with Crippen LogP contribution in [-0.2, 0) is 20.6 Å². The van der Waals surface area contributed by atoms with E-state index in [9.17, 15) is 12.6 Å². The van der Waals surface area contributed by atoms with Crippen LogP contribution in [0.3, 0.4) is 0 Å². The van der Waals surface area contributed by atoms with Crippen LogP contribution < -0.4 is 0 Å². The highest BCUT2D eigenvalue weighted by molar-refractivity contribution is 7.90. The Kier molecular flexibility index (Phi) is 4.60. The van der Waals surface area contributed by atoms with E-state index in [1.54, 1.807) is 41.2 Å². The number of nitrogens with zero attached hydrogens (tertiary/aromatic N) is 3.